The number of likely N-dealkylation sites (tertiary alicyclic amines) is 1. The highest BCUT2D eigenvalue weighted by molar-refractivity contribution is 5.91. The molecule has 182 valence electrons. The molecule has 6 rings (SSSR count). The van der Waals surface area contributed by atoms with Gasteiger partial charge in [0.1, 0.15) is 12.1 Å². The van der Waals surface area contributed by atoms with Crippen molar-refractivity contribution in [1.29, 1.82) is 0 Å². The van der Waals surface area contributed by atoms with Crippen LogP contribution in [-0.4, -0.2) is 52.7 Å². The van der Waals surface area contributed by atoms with Gasteiger partial charge in [-0.3, -0.25) is 4.79 Å². The summed E-state index contributed by atoms with van der Waals surface area (Å²) in [6, 6.07) is 16.1. The number of carboxylic acids is 1. The SMILES string of the molecule is O=C(NC(CC(=O)N1CCCC2CC21C(=O)O)C1CC1)OCC1c2ccccc2-c2ccccc21. The molecule has 2 aromatic rings. The molecule has 0 spiro atoms. The molecule has 3 atom stereocenters. The van der Waals surface area contributed by atoms with Crippen molar-refractivity contribution >= 4 is 18.0 Å². The van der Waals surface area contributed by atoms with Gasteiger partial charge in [-0.1, -0.05) is 48.5 Å². The molecule has 2 saturated carbocycles. The number of hydrogen-bond acceptors (Lipinski definition) is 4. The summed E-state index contributed by atoms with van der Waals surface area (Å²) >= 11 is 0. The average Bonchev–Trinajstić information content (AvgIpc) is 3.78. The predicted molar refractivity (Wildman–Crippen MR) is 129 cm³/mol. The molecule has 2 aromatic carbocycles. The summed E-state index contributed by atoms with van der Waals surface area (Å²) < 4.78 is 5.69. The van der Waals surface area contributed by atoms with E-state index in [2.05, 4.69) is 29.6 Å². The van der Waals surface area contributed by atoms with E-state index in [4.69, 9.17) is 4.74 Å². The van der Waals surface area contributed by atoms with Crippen LogP contribution in [0.3, 0.4) is 0 Å². The van der Waals surface area contributed by atoms with E-state index in [9.17, 15) is 19.5 Å². The van der Waals surface area contributed by atoms with E-state index in [0.29, 0.717) is 13.0 Å². The number of hydrogen-bond donors (Lipinski definition) is 2. The summed E-state index contributed by atoms with van der Waals surface area (Å²) in [5.74, 6) is -0.801. The minimum Gasteiger partial charge on any atom is -0.479 e. The molecule has 35 heavy (non-hydrogen) atoms. The molecule has 7 heteroatoms. The van der Waals surface area contributed by atoms with Gasteiger partial charge in [0.05, 0.1) is 0 Å². The minimum absolute atomic E-state index is 0.0234. The third-order valence-electron chi connectivity index (χ3n) is 8.39. The standard InChI is InChI=1S/C28H30N2O5/c31-25(30-13-5-6-18-15-28(18,30)26(32)33)14-24(17-11-12-17)29-27(34)35-16-23-21-9-3-1-7-19(21)20-8-2-4-10-22(20)23/h1-4,7-10,17-18,23-24H,5-6,11-16H2,(H,29,34)(H,32,33). The molecule has 4 aliphatic rings. The summed E-state index contributed by atoms with van der Waals surface area (Å²) in [5.41, 5.74) is 3.63. The number of fused-ring (bicyclic) bond motifs is 4. The Morgan fingerprint density at radius 2 is 1.69 bits per heavy atom. The molecule has 0 aromatic heterocycles. The number of aliphatic carboxylic acids is 1. The summed E-state index contributed by atoms with van der Waals surface area (Å²) in [5, 5.41) is 12.7. The third-order valence-corrected chi connectivity index (χ3v) is 8.39. The van der Waals surface area contributed by atoms with Crippen molar-refractivity contribution in [2.75, 3.05) is 13.2 Å². The molecule has 1 saturated heterocycles. The fraction of sp³-hybridized carbons (Fsp3) is 0.464. The Morgan fingerprint density at radius 3 is 2.31 bits per heavy atom. The quantitative estimate of drug-likeness (QED) is 0.628. The van der Waals surface area contributed by atoms with Crippen LogP contribution < -0.4 is 5.32 Å². The van der Waals surface area contributed by atoms with E-state index in [1.165, 1.54) is 11.1 Å². The van der Waals surface area contributed by atoms with E-state index in [-0.39, 0.29) is 42.7 Å². The number of amides is 2. The fourth-order valence-electron chi connectivity index (χ4n) is 6.33. The molecule has 1 heterocycles. The van der Waals surface area contributed by atoms with E-state index in [0.717, 1.165) is 36.8 Å². The van der Waals surface area contributed by atoms with Gasteiger partial charge >= 0.3 is 12.1 Å². The molecule has 0 radical (unpaired) electrons. The Kier molecular flexibility index (Phi) is 5.31. The first-order valence-corrected chi connectivity index (χ1v) is 12.6. The lowest BCUT2D eigenvalue weighted by Crippen LogP contribution is -2.53. The van der Waals surface area contributed by atoms with Gasteiger partial charge in [-0.2, -0.15) is 0 Å². The zero-order valence-corrected chi connectivity index (χ0v) is 19.6. The first kappa shape index (κ1) is 22.1. The second-order valence-electron chi connectivity index (χ2n) is 10.4. The first-order chi connectivity index (χ1) is 17.0. The second-order valence-corrected chi connectivity index (χ2v) is 10.4. The maximum Gasteiger partial charge on any atom is 0.407 e. The Labute approximate surface area is 204 Å². The van der Waals surface area contributed by atoms with Gasteiger partial charge < -0.3 is 20.1 Å². The largest absolute Gasteiger partial charge is 0.479 e. The van der Waals surface area contributed by atoms with Gasteiger partial charge in [-0.15, -0.1) is 0 Å². The van der Waals surface area contributed by atoms with Gasteiger partial charge in [0, 0.05) is 24.9 Å². The van der Waals surface area contributed by atoms with Gasteiger partial charge in [0.15, 0.2) is 0 Å². The number of rotatable bonds is 7. The van der Waals surface area contributed by atoms with Crippen LogP contribution in [0.4, 0.5) is 4.79 Å². The zero-order valence-electron chi connectivity index (χ0n) is 19.6. The number of carbonyl (C=O) groups is 3. The fourth-order valence-corrected chi connectivity index (χ4v) is 6.33. The Balaban J connectivity index is 1.10. The summed E-state index contributed by atoms with van der Waals surface area (Å²) in [6.45, 7) is 0.699. The molecular formula is C28H30N2O5. The van der Waals surface area contributed by atoms with Gasteiger partial charge in [0.25, 0.3) is 0 Å². The summed E-state index contributed by atoms with van der Waals surface area (Å²) in [6.07, 6.45) is 3.74. The number of piperidine rings is 1. The number of nitrogens with zero attached hydrogens (tertiary/aromatic N) is 1. The minimum atomic E-state index is -1.02. The third kappa shape index (κ3) is 3.77. The molecule has 2 N–H and O–H groups in total. The van der Waals surface area contributed by atoms with Crippen LogP contribution in [0.5, 0.6) is 0 Å². The summed E-state index contributed by atoms with van der Waals surface area (Å²) in [4.78, 5) is 39.5. The van der Waals surface area contributed by atoms with Crippen LogP contribution in [-0.2, 0) is 14.3 Å². The molecule has 2 amide bonds. The Bertz CT molecular complexity index is 1150. The number of carboxylic acid groups (broad SMARTS) is 1. The van der Waals surface area contributed by atoms with E-state index < -0.39 is 17.6 Å². The van der Waals surface area contributed by atoms with Gasteiger partial charge in [0.2, 0.25) is 5.91 Å². The summed E-state index contributed by atoms with van der Waals surface area (Å²) in [7, 11) is 0. The van der Waals surface area contributed by atoms with Crippen LogP contribution in [0.1, 0.15) is 55.6 Å². The van der Waals surface area contributed by atoms with E-state index in [1.807, 2.05) is 24.3 Å². The Hall–Kier alpha value is -3.35. The zero-order chi connectivity index (χ0) is 24.2. The van der Waals surface area contributed by atoms with Crippen LogP contribution in [0.2, 0.25) is 0 Å². The number of ether oxygens (including phenoxy) is 1. The number of nitrogens with one attached hydrogen (secondary N) is 1. The van der Waals surface area contributed by atoms with E-state index in [1.54, 1.807) is 4.90 Å². The second kappa shape index (κ2) is 8.40. The molecule has 7 nitrogen and oxygen atoms in total. The average molecular weight is 475 g/mol. The van der Waals surface area contributed by atoms with Crippen molar-refractivity contribution in [2.45, 2.75) is 56.0 Å². The highest BCUT2D eigenvalue weighted by atomic mass is 16.5. The highest BCUT2D eigenvalue weighted by Crippen LogP contribution is 2.54. The normalized spacial score (nSPS) is 25.1. The van der Waals surface area contributed by atoms with Crippen molar-refractivity contribution in [3.8, 4) is 11.1 Å². The van der Waals surface area contributed by atoms with E-state index >= 15 is 0 Å². The van der Waals surface area contributed by atoms with Crippen LogP contribution in [0.25, 0.3) is 11.1 Å². The van der Waals surface area contributed by atoms with Crippen molar-refractivity contribution in [3.63, 3.8) is 0 Å². The van der Waals surface area contributed by atoms with Crippen LogP contribution in [0, 0.1) is 11.8 Å². The predicted octanol–water partition coefficient (Wildman–Crippen LogP) is 4.16. The molecule has 3 unspecified atom stereocenters. The first-order valence-electron chi connectivity index (χ1n) is 12.6. The van der Waals surface area contributed by atoms with Crippen molar-refractivity contribution < 1.29 is 24.2 Å². The van der Waals surface area contributed by atoms with Crippen molar-refractivity contribution in [2.24, 2.45) is 11.8 Å². The maximum absolute atomic E-state index is 13.2. The smallest absolute Gasteiger partial charge is 0.407 e. The maximum atomic E-state index is 13.2. The molecule has 3 aliphatic carbocycles. The van der Waals surface area contributed by atoms with Crippen LogP contribution in [0.15, 0.2) is 48.5 Å². The lowest BCUT2D eigenvalue weighted by atomic mass is 9.98. The van der Waals surface area contributed by atoms with Crippen molar-refractivity contribution in [3.05, 3.63) is 59.7 Å². The Morgan fingerprint density at radius 1 is 1.03 bits per heavy atom. The lowest BCUT2D eigenvalue weighted by molar-refractivity contribution is -0.154. The van der Waals surface area contributed by atoms with Gasteiger partial charge in [-0.05, 0) is 66.2 Å². The molecule has 3 fully saturated rings. The van der Waals surface area contributed by atoms with Crippen molar-refractivity contribution in [1.82, 2.24) is 10.2 Å². The van der Waals surface area contributed by atoms with Crippen LogP contribution >= 0.6 is 0 Å². The topological polar surface area (TPSA) is 95.9 Å². The number of carbonyl (C=O) groups excluding carboxylic acids is 2. The number of alkyl carbamates (subject to hydrolysis) is 1. The monoisotopic (exact) mass is 474 g/mol. The highest BCUT2D eigenvalue weighted by Gasteiger charge is 2.66. The van der Waals surface area contributed by atoms with Gasteiger partial charge in [-0.25, -0.2) is 9.59 Å². The number of benzene rings is 2. The molecule has 1 aliphatic heterocycles. The molecule has 0 bridgehead atoms. The molecular weight excluding hydrogens is 444 g/mol. The lowest BCUT2D eigenvalue weighted by Gasteiger charge is -2.34.